The van der Waals surface area contributed by atoms with Crippen LogP contribution in [0.5, 0.6) is 0 Å². The lowest BCUT2D eigenvalue weighted by atomic mass is 9.47. The summed E-state index contributed by atoms with van der Waals surface area (Å²) in [6.45, 7) is 7.54. The second-order valence-corrected chi connectivity index (χ2v) is 12.7. The molecule has 3 heteroatoms. The first-order chi connectivity index (χ1) is 16.3. The summed E-state index contributed by atoms with van der Waals surface area (Å²) in [7, 11) is 0. The Morgan fingerprint density at radius 1 is 1.09 bits per heavy atom. The van der Waals surface area contributed by atoms with Gasteiger partial charge in [-0.25, -0.2) is 0 Å². The fraction of sp³-hybridized carbons (Fsp3) is 0.710. The third-order valence-corrected chi connectivity index (χ3v) is 11.1. The van der Waals surface area contributed by atoms with E-state index in [2.05, 4.69) is 32.9 Å². The van der Waals surface area contributed by atoms with E-state index in [-0.39, 0.29) is 6.10 Å². The Labute approximate surface area is 206 Å². The van der Waals surface area contributed by atoms with Gasteiger partial charge in [0.05, 0.1) is 23.8 Å². The molecule has 0 spiro atoms. The van der Waals surface area contributed by atoms with Crippen LogP contribution in [-0.4, -0.2) is 16.3 Å². The molecule has 0 aliphatic heterocycles. The molecule has 2 N–H and O–H groups in total. The average Bonchev–Trinajstić information content (AvgIpc) is 3.20. The molecule has 184 valence electrons. The highest BCUT2D eigenvalue weighted by Crippen LogP contribution is 2.67. The molecule has 5 rings (SSSR count). The fourth-order valence-electron chi connectivity index (χ4n) is 9.22. The van der Waals surface area contributed by atoms with Crippen molar-refractivity contribution in [1.29, 1.82) is 5.26 Å². The second-order valence-electron chi connectivity index (χ2n) is 12.7. The van der Waals surface area contributed by atoms with E-state index in [4.69, 9.17) is 0 Å². The van der Waals surface area contributed by atoms with E-state index in [1.807, 2.05) is 18.2 Å². The molecule has 3 nitrogen and oxygen atoms in total. The first-order valence-corrected chi connectivity index (χ1v) is 13.8. The predicted octanol–water partition coefficient (Wildman–Crippen LogP) is 6.95. The molecule has 8 unspecified atom stereocenters. The molecular formula is C31H43NO2. The van der Waals surface area contributed by atoms with Gasteiger partial charge in [-0.1, -0.05) is 44.6 Å². The minimum Gasteiger partial charge on any atom is -0.393 e. The highest BCUT2D eigenvalue weighted by atomic mass is 16.3. The maximum Gasteiger partial charge on any atom is 0.0991 e. The van der Waals surface area contributed by atoms with Gasteiger partial charge in [0.1, 0.15) is 0 Å². The topological polar surface area (TPSA) is 64.2 Å². The summed E-state index contributed by atoms with van der Waals surface area (Å²) >= 11 is 0. The predicted molar refractivity (Wildman–Crippen MR) is 136 cm³/mol. The lowest BCUT2D eigenvalue weighted by Gasteiger charge is -2.58. The summed E-state index contributed by atoms with van der Waals surface area (Å²) in [5.74, 6) is 3.76. The van der Waals surface area contributed by atoms with Gasteiger partial charge in [0.2, 0.25) is 0 Å². The van der Waals surface area contributed by atoms with Gasteiger partial charge in [-0.3, -0.25) is 0 Å². The zero-order chi connectivity index (χ0) is 24.1. The molecule has 1 aromatic rings. The zero-order valence-corrected chi connectivity index (χ0v) is 21.3. The monoisotopic (exact) mass is 461 g/mol. The quantitative estimate of drug-likeness (QED) is 0.466. The van der Waals surface area contributed by atoms with E-state index in [9.17, 15) is 15.5 Å². The number of aliphatic hydroxyl groups is 2. The van der Waals surface area contributed by atoms with Crippen LogP contribution in [-0.2, 0) is 0 Å². The molecule has 9 atom stereocenters. The van der Waals surface area contributed by atoms with Gasteiger partial charge in [-0.2, -0.15) is 5.26 Å². The Hall–Kier alpha value is -1.63. The summed E-state index contributed by atoms with van der Waals surface area (Å²) in [6.07, 6.45) is 13.4. The van der Waals surface area contributed by atoms with Crippen molar-refractivity contribution in [2.24, 2.45) is 40.4 Å². The zero-order valence-electron chi connectivity index (χ0n) is 21.3. The molecule has 4 aliphatic carbocycles. The van der Waals surface area contributed by atoms with E-state index < -0.39 is 6.10 Å². The van der Waals surface area contributed by atoms with E-state index in [1.54, 1.807) is 11.6 Å². The number of benzene rings is 1. The van der Waals surface area contributed by atoms with Crippen molar-refractivity contribution in [1.82, 2.24) is 0 Å². The highest BCUT2D eigenvalue weighted by Gasteiger charge is 2.59. The van der Waals surface area contributed by atoms with Gasteiger partial charge in [-0.05, 0) is 122 Å². The lowest BCUT2D eigenvalue weighted by Crippen LogP contribution is -2.50. The van der Waals surface area contributed by atoms with Crippen molar-refractivity contribution in [3.63, 3.8) is 0 Å². The van der Waals surface area contributed by atoms with E-state index in [1.165, 1.54) is 32.1 Å². The van der Waals surface area contributed by atoms with Crippen LogP contribution in [0.1, 0.15) is 102 Å². The third-order valence-electron chi connectivity index (χ3n) is 11.1. The summed E-state index contributed by atoms with van der Waals surface area (Å²) in [5.41, 5.74) is 3.79. The van der Waals surface area contributed by atoms with Crippen LogP contribution >= 0.6 is 0 Å². The van der Waals surface area contributed by atoms with E-state index in [0.717, 1.165) is 61.3 Å². The van der Waals surface area contributed by atoms with Crippen LogP contribution in [0.4, 0.5) is 0 Å². The number of hydrogen-bond donors (Lipinski definition) is 2. The summed E-state index contributed by atoms with van der Waals surface area (Å²) in [5, 5.41) is 30.2. The minimum atomic E-state index is -0.486. The molecule has 34 heavy (non-hydrogen) atoms. The Morgan fingerprint density at radius 2 is 1.91 bits per heavy atom. The number of fused-ring (bicyclic) bond motifs is 5. The second kappa shape index (κ2) is 9.11. The van der Waals surface area contributed by atoms with Gasteiger partial charge in [0.15, 0.2) is 0 Å². The van der Waals surface area contributed by atoms with Crippen molar-refractivity contribution in [3.8, 4) is 6.07 Å². The van der Waals surface area contributed by atoms with Gasteiger partial charge >= 0.3 is 0 Å². The van der Waals surface area contributed by atoms with Crippen LogP contribution < -0.4 is 0 Å². The number of rotatable bonds is 5. The highest BCUT2D eigenvalue weighted by molar-refractivity contribution is 5.33. The van der Waals surface area contributed by atoms with Crippen molar-refractivity contribution >= 4 is 0 Å². The van der Waals surface area contributed by atoms with E-state index >= 15 is 0 Å². The molecule has 1 aromatic carbocycles. The Kier molecular flexibility index (Phi) is 6.45. The fourth-order valence-corrected chi connectivity index (χ4v) is 9.22. The number of allylic oxidation sites excluding steroid dienone is 1. The third kappa shape index (κ3) is 3.96. The van der Waals surface area contributed by atoms with Crippen LogP contribution in [0.15, 0.2) is 35.9 Å². The number of nitrogens with zero attached hydrogens (tertiary/aromatic N) is 1. The molecule has 0 amide bonds. The first kappa shape index (κ1) is 24.1. The molecule has 3 saturated carbocycles. The maximum absolute atomic E-state index is 10.8. The molecule has 4 aliphatic rings. The Bertz CT molecular complexity index is 978. The first-order valence-electron chi connectivity index (χ1n) is 13.8. The van der Waals surface area contributed by atoms with Crippen molar-refractivity contribution < 1.29 is 10.2 Å². The van der Waals surface area contributed by atoms with Crippen molar-refractivity contribution in [3.05, 3.63) is 47.0 Å². The van der Waals surface area contributed by atoms with Gasteiger partial charge in [-0.15, -0.1) is 0 Å². The molecule has 0 radical (unpaired) electrons. The molecule has 0 saturated heterocycles. The molecular weight excluding hydrogens is 418 g/mol. The molecule has 3 fully saturated rings. The Morgan fingerprint density at radius 3 is 2.71 bits per heavy atom. The Balaban J connectivity index is 1.26. The lowest BCUT2D eigenvalue weighted by molar-refractivity contribution is -0.0577. The number of aliphatic hydroxyl groups excluding tert-OH is 2. The van der Waals surface area contributed by atoms with Gasteiger partial charge in [0.25, 0.3) is 0 Å². The SMILES string of the molecule is C[C@H](CCC(O)c1cccc(C#N)c1)C1CCC2C3CC=C4CC(O)CCC4(C)C3CCC21C. The normalized spacial score (nSPS) is 40.8. The summed E-state index contributed by atoms with van der Waals surface area (Å²) in [4.78, 5) is 0. The van der Waals surface area contributed by atoms with Crippen LogP contribution in [0, 0.1) is 51.8 Å². The summed E-state index contributed by atoms with van der Waals surface area (Å²) < 4.78 is 0. The summed E-state index contributed by atoms with van der Waals surface area (Å²) in [6, 6.07) is 9.64. The number of nitriles is 1. The van der Waals surface area contributed by atoms with Crippen LogP contribution in [0.25, 0.3) is 0 Å². The average molecular weight is 462 g/mol. The standard InChI is InChI=1S/C31H43NO2/c1-20(7-12-29(34)22-6-4-5-21(17-22)19-32)26-10-11-27-25-9-8-23-18-24(33)13-15-30(23,2)28(25)14-16-31(26,27)3/h4-6,8,17,20,24-29,33-34H,7,9-16,18H2,1-3H3/t20-,24?,25?,26?,27?,28?,29?,30?,31?/m1/s1. The van der Waals surface area contributed by atoms with Crippen molar-refractivity contribution in [2.75, 3.05) is 0 Å². The van der Waals surface area contributed by atoms with Gasteiger partial charge in [0, 0.05) is 0 Å². The minimum absolute atomic E-state index is 0.126. The van der Waals surface area contributed by atoms with Gasteiger partial charge < -0.3 is 10.2 Å². The largest absolute Gasteiger partial charge is 0.393 e. The smallest absolute Gasteiger partial charge is 0.0991 e. The van der Waals surface area contributed by atoms with Crippen LogP contribution in [0.2, 0.25) is 0 Å². The van der Waals surface area contributed by atoms with Crippen LogP contribution in [0.3, 0.4) is 0 Å². The van der Waals surface area contributed by atoms with Crippen molar-refractivity contribution in [2.45, 2.75) is 97.2 Å². The molecule has 0 aromatic heterocycles. The number of hydrogen-bond acceptors (Lipinski definition) is 3. The maximum atomic E-state index is 10.8. The molecule has 0 heterocycles. The molecule has 0 bridgehead atoms. The van der Waals surface area contributed by atoms with E-state index in [0.29, 0.717) is 22.3 Å².